The molecule has 0 aliphatic carbocycles. The molecule has 0 saturated carbocycles. The molecule has 0 atom stereocenters. The van der Waals surface area contributed by atoms with Crippen LogP contribution in [0.15, 0.2) is 24.3 Å². The van der Waals surface area contributed by atoms with E-state index in [0.29, 0.717) is 6.54 Å². The van der Waals surface area contributed by atoms with Crippen molar-refractivity contribution in [1.29, 1.82) is 0 Å². The Morgan fingerprint density at radius 1 is 1.24 bits per heavy atom. The SMILES string of the molecule is Cc1ccccc1N(CCC(=O)O)CC(=O)N1CCCC1. The van der Waals surface area contributed by atoms with E-state index in [1.54, 1.807) is 0 Å². The summed E-state index contributed by atoms with van der Waals surface area (Å²) >= 11 is 0. The fraction of sp³-hybridized carbons (Fsp3) is 0.500. The number of hydrogen-bond donors (Lipinski definition) is 1. The molecule has 0 spiro atoms. The van der Waals surface area contributed by atoms with Gasteiger partial charge in [-0.15, -0.1) is 0 Å². The Morgan fingerprint density at radius 2 is 1.90 bits per heavy atom. The normalized spacial score (nSPS) is 14.2. The summed E-state index contributed by atoms with van der Waals surface area (Å²) < 4.78 is 0. The lowest BCUT2D eigenvalue weighted by Gasteiger charge is -2.27. The second kappa shape index (κ2) is 7.11. The van der Waals surface area contributed by atoms with Crippen LogP contribution in [0, 0.1) is 6.92 Å². The molecule has 5 heteroatoms. The third kappa shape index (κ3) is 4.21. The van der Waals surface area contributed by atoms with E-state index >= 15 is 0 Å². The Kier molecular flexibility index (Phi) is 5.20. The molecule has 1 fully saturated rings. The number of hydrogen-bond acceptors (Lipinski definition) is 3. The molecule has 1 amide bonds. The van der Waals surface area contributed by atoms with Crippen molar-refractivity contribution >= 4 is 17.6 Å². The van der Waals surface area contributed by atoms with Crippen LogP contribution in [0.25, 0.3) is 0 Å². The number of para-hydroxylation sites is 1. The van der Waals surface area contributed by atoms with Crippen molar-refractivity contribution < 1.29 is 14.7 Å². The van der Waals surface area contributed by atoms with Crippen LogP contribution in [-0.4, -0.2) is 48.1 Å². The van der Waals surface area contributed by atoms with Gasteiger partial charge in [-0.05, 0) is 31.4 Å². The highest BCUT2D eigenvalue weighted by Gasteiger charge is 2.21. The van der Waals surface area contributed by atoms with E-state index in [2.05, 4.69) is 0 Å². The number of carboxylic acid groups (broad SMARTS) is 1. The first-order chi connectivity index (χ1) is 10.1. The Bertz CT molecular complexity index is 510. The number of aliphatic carboxylic acids is 1. The number of benzene rings is 1. The Balaban J connectivity index is 2.09. The van der Waals surface area contributed by atoms with Gasteiger partial charge in [-0.1, -0.05) is 18.2 Å². The van der Waals surface area contributed by atoms with Crippen LogP contribution in [0.3, 0.4) is 0 Å². The number of carboxylic acids is 1. The molecular weight excluding hydrogens is 268 g/mol. The summed E-state index contributed by atoms with van der Waals surface area (Å²) in [7, 11) is 0. The second-order valence-electron chi connectivity index (χ2n) is 5.44. The van der Waals surface area contributed by atoms with Crippen molar-refractivity contribution in [3.63, 3.8) is 0 Å². The van der Waals surface area contributed by atoms with E-state index in [4.69, 9.17) is 5.11 Å². The zero-order valence-corrected chi connectivity index (χ0v) is 12.4. The summed E-state index contributed by atoms with van der Waals surface area (Å²) in [5.41, 5.74) is 1.99. The molecule has 114 valence electrons. The molecule has 1 aromatic carbocycles. The minimum atomic E-state index is -0.845. The van der Waals surface area contributed by atoms with Gasteiger partial charge in [0, 0.05) is 25.3 Å². The Hall–Kier alpha value is -2.04. The average Bonchev–Trinajstić information content (AvgIpc) is 2.98. The maximum absolute atomic E-state index is 12.3. The fourth-order valence-electron chi connectivity index (χ4n) is 2.66. The minimum absolute atomic E-state index is 0.0294. The predicted molar refractivity (Wildman–Crippen MR) is 81.5 cm³/mol. The lowest BCUT2D eigenvalue weighted by Crippen LogP contribution is -2.40. The van der Waals surface area contributed by atoms with Gasteiger partial charge in [0.15, 0.2) is 0 Å². The highest BCUT2D eigenvalue weighted by atomic mass is 16.4. The molecule has 1 heterocycles. The highest BCUT2D eigenvalue weighted by Crippen LogP contribution is 2.20. The van der Waals surface area contributed by atoms with E-state index < -0.39 is 5.97 Å². The number of amides is 1. The molecule has 0 bridgehead atoms. The topological polar surface area (TPSA) is 60.9 Å². The minimum Gasteiger partial charge on any atom is -0.481 e. The fourth-order valence-corrected chi connectivity index (χ4v) is 2.66. The van der Waals surface area contributed by atoms with Gasteiger partial charge in [0.2, 0.25) is 5.91 Å². The van der Waals surface area contributed by atoms with E-state index in [-0.39, 0.29) is 18.9 Å². The van der Waals surface area contributed by atoms with E-state index in [1.165, 1.54) is 0 Å². The Morgan fingerprint density at radius 3 is 2.52 bits per heavy atom. The van der Waals surface area contributed by atoms with Crippen LogP contribution in [0.5, 0.6) is 0 Å². The number of aryl methyl sites for hydroxylation is 1. The smallest absolute Gasteiger partial charge is 0.305 e. The van der Waals surface area contributed by atoms with E-state index in [1.807, 2.05) is 41.0 Å². The summed E-state index contributed by atoms with van der Waals surface area (Å²) in [6.07, 6.45) is 2.15. The summed E-state index contributed by atoms with van der Waals surface area (Å²) in [6, 6.07) is 7.77. The second-order valence-corrected chi connectivity index (χ2v) is 5.44. The van der Waals surface area contributed by atoms with Crippen LogP contribution >= 0.6 is 0 Å². The van der Waals surface area contributed by atoms with Gasteiger partial charge in [0.25, 0.3) is 0 Å². The summed E-state index contributed by atoms with van der Waals surface area (Å²) in [5, 5.41) is 8.90. The number of likely N-dealkylation sites (tertiary alicyclic amines) is 1. The summed E-state index contributed by atoms with van der Waals surface area (Å²) in [4.78, 5) is 26.9. The third-order valence-corrected chi connectivity index (χ3v) is 3.84. The number of carbonyl (C=O) groups is 2. The molecule has 2 rings (SSSR count). The molecule has 0 aromatic heterocycles. The van der Waals surface area contributed by atoms with Gasteiger partial charge in [0.05, 0.1) is 13.0 Å². The predicted octanol–water partition coefficient (Wildman–Crippen LogP) is 1.90. The molecule has 0 radical (unpaired) electrons. The third-order valence-electron chi connectivity index (χ3n) is 3.84. The van der Waals surface area contributed by atoms with Crippen molar-refractivity contribution in [2.24, 2.45) is 0 Å². The first kappa shape index (κ1) is 15.4. The van der Waals surface area contributed by atoms with Crippen molar-refractivity contribution in [3.8, 4) is 0 Å². The standard InChI is InChI=1S/C16H22N2O3/c1-13-6-2-3-7-14(13)18(11-8-16(20)21)12-15(19)17-9-4-5-10-17/h2-3,6-7H,4-5,8-12H2,1H3,(H,20,21). The van der Waals surface area contributed by atoms with Crippen LogP contribution in [-0.2, 0) is 9.59 Å². The van der Waals surface area contributed by atoms with Crippen LogP contribution in [0.1, 0.15) is 24.8 Å². The molecular formula is C16H22N2O3. The lowest BCUT2D eigenvalue weighted by molar-refractivity contribution is -0.137. The first-order valence-electron chi connectivity index (χ1n) is 7.38. The monoisotopic (exact) mass is 290 g/mol. The quantitative estimate of drug-likeness (QED) is 0.869. The number of rotatable bonds is 6. The molecule has 0 unspecified atom stereocenters. The number of nitrogens with zero attached hydrogens (tertiary/aromatic N) is 2. The summed E-state index contributed by atoms with van der Waals surface area (Å²) in [6.45, 7) is 4.21. The van der Waals surface area contributed by atoms with Gasteiger partial charge >= 0.3 is 5.97 Å². The van der Waals surface area contributed by atoms with Crippen molar-refractivity contribution in [3.05, 3.63) is 29.8 Å². The lowest BCUT2D eigenvalue weighted by atomic mass is 10.1. The molecule has 1 aliphatic heterocycles. The molecule has 1 saturated heterocycles. The molecule has 1 N–H and O–H groups in total. The van der Waals surface area contributed by atoms with E-state index in [9.17, 15) is 9.59 Å². The number of anilines is 1. The van der Waals surface area contributed by atoms with Crippen molar-refractivity contribution in [2.45, 2.75) is 26.2 Å². The number of carbonyl (C=O) groups excluding carboxylic acids is 1. The largest absolute Gasteiger partial charge is 0.481 e. The Labute approximate surface area is 125 Å². The van der Waals surface area contributed by atoms with Crippen LogP contribution in [0.2, 0.25) is 0 Å². The molecule has 1 aliphatic rings. The highest BCUT2D eigenvalue weighted by molar-refractivity contribution is 5.82. The van der Waals surface area contributed by atoms with Crippen LogP contribution in [0.4, 0.5) is 5.69 Å². The molecule has 1 aromatic rings. The van der Waals surface area contributed by atoms with Gasteiger partial charge in [0.1, 0.15) is 0 Å². The van der Waals surface area contributed by atoms with Crippen LogP contribution < -0.4 is 4.90 Å². The average molecular weight is 290 g/mol. The van der Waals surface area contributed by atoms with Crippen molar-refractivity contribution in [2.75, 3.05) is 31.1 Å². The molecule has 5 nitrogen and oxygen atoms in total. The maximum Gasteiger partial charge on any atom is 0.305 e. The van der Waals surface area contributed by atoms with Gasteiger partial charge in [-0.25, -0.2) is 0 Å². The molecule has 21 heavy (non-hydrogen) atoms. The first-order valence-corrected chi connectivity index (χ1v) is 7.38. The van der Waals surface area contributed by atoms with E-state index in [0.717, 1.165) is 37.2 Å². The zero-order chi connectivity index (χ0) is 15.2. The van der Waals surface area contributed by atoms with Gasteiger partial charge in [-0.3, -0.25) is 9.59 Å². The zero-order valence-electron chi connectivity index (χ0n) is 12.4. The maximum atomic E-state index is 12.3. The van der Waals surface area contributed by atoms with Crippen molar-refractivity contribution in [1.82, 2.24) is 4.90 Å². The van der Waals surface area contributed by atoms with Gasteiger partial charge in [-0.2, -0.15) is 0 Å². The van der Waals surface area contributed by atoms with Gasteiger partial charge < -0.3 is 14.9 Å². The summed E-state index contributed by atoms with van der Waals surface area (Å²) in [5.74, 6) is -0.761.